The second-order valence-electron chi connectivity index (χ2n) is 4.95. The predicted molar refractivity (Wildman–Crippen MR) is 67.2 cm³/mol. The van der Waals surface area contributed by atoms with Crippen molar-refractivity contribution >= 4 is 0 Å². The van der Waals surface area contributed by atoms with Gasteiger partial charge in [-0.3, -0.25) is 0 Å². The van der Waals surface area contributed by atoms with Crippen molar-refractivity contribution in [2.75, 3.05) is 26.2 Å². The van der Waals surface area contributed by atoms with Crippen molar-refractivity contribution in [1.29, 1.82) is 0 Å². The Morgan fingerprint density at radius 2 is 1.93 bits per heavy atom. The van der Waals surface area contributed by atoms with E-state index in [1.807, 2.05) is 0 Å². The summed E-state index contributed by atoms with van der Waals surface area (Å²) in [6, 6.07) is 0.816. The quantitative estimate of drug-likeness (QED) is 0.652. The zero-order chi connectivity index (χ0) is 11.1. The lowest BCUT2D eigenvalue weighted by atomic mass is 10.1. The molecule has 0 bridgehead atoms. The van der Waals surface area contributed by atoms with Crippen LogP contribution in [0.25, 0.3) is 0 Å². The maximum atomic E-state index is 3.69. The molecule has 15 heavy (non-hydrogen) atoms. The summed E-state index contributed by atoms with van der Waals surface area (Å²) in [6.45, 7) is 11.7. The minimum atomic E-state index is 0.816. The van der Waals surface area contributed by atoms with E-state index in [1.165, 1.54) is 51.9 Å². The second kappa shape index (κ2) is 7.24. The van der Waals surface area contributed by atoms with E-state index in [1.54, 1.807) is 0 Å². The lowest BCUT2D eigenvalue weighted by molar-refractivity contribution is 0.295. The van der Waals surface area contributed by atoms with Crippen LogP contribution in [0.15, 0.2) is 0 Å². The first kappa shape index (κ1) is 13.0. The van der Waals surface area contributed by atoms with Crippen molar-refractivity contribution in [3.05, 3.63) is 0 Å². The van der Waals surface area contributed by atoms with Gasteiger partial charge in [-0.05, 0) is 57.8 Å². The number of nitrogens with one attached hydrogen (secondary N) is 1. The molecule has 1 N–H and O–H groups in total. The van der Waals surface area contributed by atoms with Gasteiger partial charge < -0.3 is 10.2 Å². The minimum absolute atomic E-state index is 0.816. The van der Waals surface area contributed by atoms with Gasteiger partial charge in [0.1, 0.15) is 0 Å². The number of hydrogen-bond donors (Lipinski definition) is 1. The molecule has 0 aromatic carbocycles. The maximum Gasteiger partial charge on any atom is 0.00697 e. The first-order valence-electron chi connectivity index (χ1n) is 6.72. The van der Waals surface area contributed by atoms with Crippen LogP contribution in [0.2, 0.25) is 0 Å². The van der Waals surface area contributed by atoms with Crippen molar-refractivity contribution in [3.63, 3.8) is 0 Å². The van der Waals surface area contributed by atoms with Gasteiger partial charge in [-0.2, -0.15) is 0 Å². The molecule has 1 saturated carbocycles. The van der Waals surface area contributed by atoms with Crippen molar-refractivity contribution < 1.29 is 0 Å². The maximum absolute atomic E-state index is 3.69. The van der Waals surface area contributed by atoms with Gasteiger partial charge in [0, 0.05) is 6.04 Å². The fraction of sp³-hybridized carbons (Fsp3) is 1.00. The van der Waals surface area contributed by atoms with Gasteiger partial charge in [-0.15, -0.1) is 0 Å². The molecule has 0 amide bonds. The Hall–Kier alpha value is -0.0800. The number of hydrogen-bond acceptors (Lipinski definition) is 2. The average Bonchev–Trinajstić information content (AvgIpc) is 2.65. The molecule has 0 aromatic rings. The Kier molecular flexibility index (Phi) is 6.26. The highest BCUT2D eigenvalue weighted by molar-refractivity contribution is 4.78. The van der Waals surface area contributed by atoms with E-state index in [0.29, 0.717) is 0 Å². The monoisotopic (exact) mass is 212 g/mol. The van der Waals surface area contributed by atoms with E-state index in [0.717, 1.165) is 12.0 Å². The first-order valence-corrected chi connectivity index (χ1v) is 6.72. The molecular formula is C13H28N2. The van der Waals surface area contributed by atoms with Crippen molar-refractivity contribution in [1.82, 2.24) is 10.2 Å². The van der Waals surface area contributed by atoms with Crippen LogP contribution in [0.5, 0.6) is 0 Å². The molecule has 0 aliphatic heterocycles. The van der Waals surface area contributed by atoms with Crippen molar-refractivity contribution in [3.8, 4) is 0 Å². The molecule has 1 rings (SSSR count). The Labute approximate surface area is 95.4 Å². The summed E-state index contributed by atoms with van der Waals surface area (Å²) in [7, 11) is 0. The zero-order valence-corrected chi connectivity index (χ0v) is 10.8. The third kappa shape index (κ3) is 4.98. The smallest absolute Gasteiger partial charge is 0.00697 e. The Balaban J connectivity index is 1.97. The van der Waals surface area contributed by atoms with Crippen LogP contribution >= 0.6 is 0 Å². The van der Waals surface area contributed by atoms with Crippen molar-refractivity contribution in [2.24, 2.45) is 5.92 Å². The Bertz CT molecular complexity index is 155. The highest BCUT2D eigenvalue weighted by Crippen LogP contribution is 2.24. The highest BCUT2D eigenvalue weighted by Gasteiger charge is 2.19. The minimum Gasteiger partial charge on any atom is -0.314 e. The summed E-state index contributed by atoms with van der Waals surface area (Å²) in [5.74, 6) is 0.949. The van der Waals surface area contributed by atoms with Crippen LogP contribution < -0.4 is 5.32 Å². The molecule has 2 nitrogen and oxygen atoms in total. The van der Waals surface area contributed by atoms with Crippen LogP contribution in [-0.2, 0) is 0 Å². The SMILES string of the molecule is CCN(CC)CCCNC1CCC(C)C1. The molecule has 2 unspecified atom stereocenters. The molecule has 1 aliphatic rings. The van der Waals surface area contributed by atoms with Gasteiger partial charge >= 0.3 is 0 Å². The van der Waals surface area contributed by atoms with Crippen LogP contribution in [0.3, 0.4) is 0 Å². The predicted octanol–water partition coefficient (Wildman–Crippen LogP) is 2.50. The molecule has 0 saturated heterocycles. The highest BCUT2D eigenvalue weighted by atomic mass is 15.1. The summed E-state index contributed by atoms with van der Waals surface area (Å²) in [6.07, 6.45) is 5.51. The van der Waals surface area contributed by atoms with E-state index in [4.69, 9.17) is 0 Å². The molecule has 1 aliphatic carbocycles. The lowest BCUT2D eigenvalue weighted by Crippen LogP contribution is -2.31. The van der Waals surface area contributed by atoms with E-state index in [-0.39, 0.29) is 0 Å². The molecule has 90 valence electrons. The molecule has 1 fully saturated rings. The fourth-order valence-corrected chi connectivity index (χ4v) is 2.54. The van der Waals surface area contributed by atoms with Crippen LogP contribution in [0.4, 0.5) is 0 Å². The second-order valence-corrected chi connectivity index (χ2v) is 4.95. The van der Waals surface area contributed by atoms with Gasteiger partial charge in [0.15, 0.2) is 0 Å². The van der Waals surface area contributed by atoms with Crippen LogP contribution in [-0.4, -0.2) is 37.1 Å². The molecule has 2 atom stereocenters. The topological polar surface area (TPSA) is 15.3 Å². The van der Waals surface area contributed by atoms with E-state index >= 15 is 0 Å². The van der Waals surface area contributed by atoms with Gasteiger partial charge in [-0.1, -0.05) is 20.8 Å². The third-order valence-corrected chi connectivity index (χ3v) is 3.67. The summed E-state index contributed by atoms with van der Waals surface area (Å²) in [5.41, 5.74) is 0. The normalized spacial score (nSPS) is 26.4. The van der Waals surface area contributed by atoms with Gasteiger partial charge in [0.05, 0.1) is 0 Å². The first-order chi connectivity index (χ1) is 7.26. The Morgan fingerprint density at radius 3 is 2.47 bits per heavy atom. The Morgan fingerprint density at radius 1 is 1.20 bits per heavy atom. The number of nitrogens with zero attached hydrogens (tertiary/aromatic N) is 1. The summed E-state index contributed by atoms with van der Waals surface area (Å²) < 4.78 is 0. The third-order valence-electron chi connectivity index (χ3n) is 3.67. The lowest BCUT2D eigenvalue weighted by Gasteiger charge is -2.19. The molecule has 0 spiro atoms. The summed E-state index contributed by atoms with van der Waals surface area (Å²) in [4.78, 5) is 2.50. The van der Waals surface area contributed by atoms with E-state index in [9.17, 15) is 0 Å². The van der Waals surface area contributed by atoms with Crippen LogP contribution in [0, 0.1) is 5.92 Å². The largest absolute Gasteiger partial charge is 0.314 e. The van der Waals surface area contributed by atoms with Gasteiger partial charge in [0.25, 0.3) is 0 Å². The van der Waals surface area contributed by atoms with Crippen molar-refractivity contribution in [2.45, 2.75) is 52.5 Å². The molecule has 0 aromatic heterocycles. The molecule has 0 radical (unpaired) electrons. The number of rotatable bonds is 7. The molecule has 2 heteroatoms. The molecular weight excluding hydrogens is 184 g/mol. The van der Waals surface area contributed by atoms with Gasteiger partial charge in [0.2, 0.25) is 0 Å². The van der Waals surface area contributed by atoms with E-state index < -0.39 is 0 Å². The summed E-state index contributed by atoms with van der Waals surface area (Å²) in [5, 5.41) is 3.69. The molecule has 0 heterocycles. The summed E-state index contributed by atoms with van der Waals surface area (Å²) >= 11 is 0. The van der Waals surface area contributed by atoms with Gasteiger partial charge in [-0.25, -0.2) is 0 Å². The zero-order valence-electron chi connectivity index (χ0n) is 10.8. The van der Waals surface area contributed by atoms with E-state index in [2.05, 4.69) is 31.0 Å². The fourth-order valence-electron chi connectivity index (χ4n) is 2.54. The average molecular weight is 212 g/mol. The standard InChI is InChI=1S/C13H28N2/c1-4-15(5-2)10-6-9-14-13-8-7-12(3)11-13/h12-14H,4-11H2,1-3H3. The van der Waals surface area contributed by atoms with Crippen LogP contribution in [0.1, 0.15) is 46.5 Å².